The smallest absolute Gasteiger partial charge is 0.419 e. The number of fused-ring (bicyclic) bond motifs is 1. The second-order valence-corrected chi connectivity index (χ2v) is 4.60. The molecule has 2 rings (SSSR count). The van der Waals surface area contributed by atoms with E-state index in [0.29, 0.717) is 11.4 Å². The van der Waals surface area contributed by atoms with Crippen LogP contribution >= 0.6 is 0 Å². The fourth-order valence-electron chi connectivity index (χ4n) is 1.37. The minimum Gasteiger partial charge on any atom is -0.461 e. The van der Waals surface area contributed by atoms with Crippen LogP contribution in [0.2, 0.25) is 0 Å². The molecule has 0 bridgehead atoms. The van der Waals surface area contributed by atoms with Gasteiger partial charge in [0.2, 0.25) is 0 Å². The Balaban J connectivity index is 2.25. The number of hydrogen-bond acceptors (Lipinski definition) is 4. The number of nitrogens with zero attached hydrogens (tertiary/aromatic N) is 2. The molecule has 5 heteroatoms. The van der Waals surface area contributed by atoms with Crippen LogP contribution in [0, 0.1) is 0 Å². The number of amides is 1. The van der Waals surface area contributed by atoms with E-state index >= 15 is 0 Å². The first-order chi connectivity index (χ1) is 7.97. The second-order valence-electron chi connectivity index (χ2n) is 4.60. The Morgan fingerprint density at radius 3 is 2.94 bits per heavy atom. The van der Waals surface area contributed by atoms with E-state index in [4.69, 9.17) is 9.47 Å². The van der Waals surface area contributed by atoms with E-state index in [0.717, 1.165) is 0 Å². The molecule has 0 spiro atoms. The second kappa shape index (κ2) is 4.08. The molecule has 0 unspecified atom stereocenters. The van der Waals surface area contributed by atoms with Crippen LogP contribution in [0.3, 0.4) is 0 Å². The van der Waals surface area contributed by atoms with Crippen LogP contribution in [0.25, 0.3) is 0 Å². The normalized spacial score (nSPS) is 13.9. The molecule has 17 heavy (non-hydrogen) atoms. The highest BCUT2D eigenvalue weighted by Crippen LogP contribution is 2.31. The van der Waals surface area contributed by atoms with E-state index in [1.54, 1.807) is 18.5 Å². The van der Waals surface area contributed by atoms with Gasteiger partial charge in [-0.25, -0.2) is 9.69 Å². The molecule has 1 aliphatic rings. The zero-order valence-corrected chi connectivity index (χ0v) is 10.0. The summed E-state index contributed by atoms with van der Waals surface area (Å²) >= 11 is 0. The molecule has 5 nitrogen and oxygen atoms in total. The summed E-state index contributed by atoms with van der Waals surface area (Å²) in [5.74, 6) is 0.577. The molecule has 0 atom stereocenters. The third kappa shape index (κ3) is 2.55. The van der Waals surface area contributed by atoms with Crippen molar-refractivity contribution in [1.29, 1.82) is 0 Å². The number of anilines is 1. The average Bonchev–Trinajstić information content (AvgIpc) is 2.26. The standard InChI is InChI=1S/C12H14N2O3/c1-12(2,3)17-11(15)14-6-7-16-10-4-5-13-8-9(10)14/h4-8H,1-3H3. The maximum Gasteiger partial charge on any atom is 0.419 e. The summed E-state index contributed by atoms with van der Waals surface area (Å²) in [5.41, 5.74) is 0.0373. The van der Waals surface area contributed by atoms with E-state index in [1.165, 1.54) is 17.4 Å². The van der Waals surface area contributed by atoms with E-state index in [2.05, 4.69) is 4.98 Å². The van der Waals surface area contributed by atoms with Crippen molar-refractivity contribution in [3.8, 4) is 5.75 Å². The molecule has 0 fully saturated rings. The van der Waals surface area contributed by atoms with Crippen molar-refractivity contribution in [3.63, 3.8) is 0 Å². The van der Waals surface area contributed by atoms with E-state index in [-0.39, 0.29) is 0 Å². The predicted molar refractivity (Wildman–Crippen MR) is 62.7 cm³/mol. The SMILES string of the molecule is CC(C)(C)OC(=O)N1C=COc2ccncc21. The van der Waals surface area contributed by atoms with Gasteiger partial charge in [0.05, 0.1) is 12.4 Å². The van der Waals surface area contributed by atoms with Crippen molar-refractivity contribution in [2.75, 3.05) is 4.90 Å². The lowest BCUT2D eigenvalue weighted by molar-refractivity contribution is 0.0593. The summed E-state index contributed by atoms with van der Waals surface area (Å²) in [6.07, 6.45) is 5.66. The van der Waals surface area contributed by atoms with Crippen molar-refractivity contribution in [1.82, 2.24) is 4.98 Å². The number of aromatic nitrogens is 1. The zero-order chi connectivity index (χ0) is 12.5. The summed E-state index contributed by atoms with van der Waals surface area (Å²) in [6.45, 7) is 5.46. The topological polar surface area (TPSA) is 51.7 Å². The van der Waals surface area contributed by atoms with Gasteiger partial charge in [-0.3, -0.25) is 4.98 Å². The van der Waals surface area contributed by atoms with Crippen LogP contribution in [-0.2, 0) is 4.74 Å². The Bertz CT molecular complexity index is 463. The highest BCUT2D eigenvalue weighted by Gasteiger charge is 2.25. The Morgan fingerprint density at radius 2 is 2.24 bits per heavy atom. The first-order valence-corrected chi connectivity index (χ1v) is 5.27. The molecule has 1 aromatic heterocycles. The quantitative estimate of drug-likeness (QED) is 0.692. The molecule has 0 N–H and O–H groups in total. The maximum atomic E-state index is 11.9. The van der Waals surface area contributed by atoms with E-state index < -0.39 is 11.7 Å². The number of rotatable bonds is 0. The van der Waals surface area contributed by atoms with Gasteiger partial charge >= 0.3 is 6.09 Å². The Labute approximate surface area is 99.7 Å². The molecular formula is C12H14N2O3. The molecule has 2 heterocycles. The minimum atomic E-state index is -0.536. The van der Waals surface area contributed by atoms with Gasteiger partial charge < -0.3 is 9.47 Å². The summed E-state index contributed by atoms with van der Waals surface area (Å²) in [4.78, 5) is 17.3. The van der Waals surface area contributed by atoms with Gasteiger partial charge in [-0.15, -0.1) is 0 Å². The first-order valence-electron chi connectivity index (χ1n) is 5.27. The number of hydrogen-bond donors (Lipinski definition) is 0. The van der Waals surface area contributed by atoms with Crippen molar-refractivity contribution in [2.45, 2.75) is 26.4 Å². The molecule has 0 saturated carbocycles. The fraction of sp³-hybridized carbons (Fsp3) is 0.333. The van der Waals surface area contributed by atoms with E-state index in [1.807, 2.05) is 20.8 Å². The summed E-state index contributed by atoms with van der Waals surface area (Å²) in [6, 6.07) is 1.69. The number of pyridine rings is 1. The van der Waals surface area contributed by atoms with Gasteiger partial charge in [0.1, 0.15) is 17.6 Å². The third-order valence-corrected chi connectivity index (χ3v) is 2.02. The summed E-state index contributed by atoms with van der Waals surface area (Å²) in [5, 5.41) is 0. The van der Waals surface area contributed by atoms with Gasteiger partial charge in [-0.1, -0.05) is 0 Å². The van der Waals surface area contributed by atoms with Crippen LogP contribution in [-0.4, -0.2) is 16.7 Å². The highest BCUT2D eigenvalue weighted by atomic mass is 16.6. The molecule has 1 aromatic rings. The fourth-order valence-corrected chi connectivity index (χ4v) is 1.37. The van der Waals surface area contributed by atoms with Crippen LogP contribution in [0.5, 0.6) is 5.75 Å². The van der Waals surface area contributed by atoms with Gasteiger partial charge in [0.15, 0.2) is 5.75 Å². The molecule has 0 radical (unpaired) electrons. The minimum absolute atomic E-state index is 0.452. The van der Waals surface area contributed by atoms with Crippen molar-refractivity contribution >= 4 is 11.8 Å². The molecule has 90 valence electrons. The lowest BCUT2D eigenvalue weighted by atomic mass is 10.2. The Hall–Kier alpha value is -2.04. The van der Waals surface area contributed by atoms with Crippen molar-refractivity contribution in [3.05, 3.63) is 30.9 Å². The number of carbonyl (C=O) groups excluding carboxylic acids is 1. The number of ether oxygens (including phenoxy) is 2. The lowest BCUT2D eigenvalue weighted by Gasteiger charge is -2.27. The van der Waals surface area contributed by atoms with Gasteiger partial charge in [0.25, 0.3) is 0 Å². The number of carbonyl (C=O) groups is 1. The monoisotopic (exact) mass is 234 g/mol. The first kappa shape index (κ1) is 11.4. The average molecular weight is 234 g/mol. The highest BCUT2D eigenvalue weighted by molar-refractivity contribution is 5.92. The predicted octanol–water partition coefficient (Wildman–Crippen LogP) is 2.69. The largest absolute Gasteiger partial charge is 0.461 e. The van der Waals surface area contributed by atoms with Gasteiger partial charge in [-0.05, 0) is 20.8 Å². The molecule has 1 aliphatic heterocycles. The molecular weight excluding hydrogens is 220 g/mol. The summed E-state index contributed by atoms with van der Waals surface area (Å²) < 4.78 is 10.6. The third-order valence-electron chi connectivity index (χ3n) is 2.02. The van der Waals surface area contributed by atoms with Crippen LogP contribution < -0.4 is 9.64 Å². The molecule has 1 amide bonds. The molecule has 0 aliphatic carbocycles. The van der Waals surface area contributed by atoms with Gasteiger partial charge in [-0.2, -0.15) is 0 Å². The summed E-state index contributed by atoms with van der Waals surface area (Å²) in [7, 11) is 0. The van der Waals surface area contributed by atoms with Gasteiger partial charge in [0, 0.05) is 12.3 Å². The van der Waals surface area contributed by atoms with Crippen LogP contribution in [0.1, 0.15) is 20.8 Å². The molecule has 0 aromatic carbocycles. The van der Waals surface area contributed by atoms with E-state index in [9.17, 15) is 4.79 Å². The van der Waals surface area contributed by atoms with Crippen molar-refractivity contribution in [2.24, 2.45) is 0 Å². The van der Waals surface area contributed by atoms with Crippen molar-refractivity contribution < 1.29 is 14.3 Å². The zero-order valence-electron chi connectivity index (χ0n) is 10.0. The lowest BCUT2D eigenvalue weighted by Crippen LogP contribution is -2.34. The Kier molecular flexibility index (Phi) is 2.75. The maximum absolute atomic E-state index is 11.9. The van der Waals surface area contributed by atoms with Crippen LogP contribution in [0.15, 0.2) is 30.9 Å². The molecule has 0 saturated heterocycles. The Morgan fingerprint density at radius 1 is 1.47 bits per heavy atom. The van der Waals surface area contributed by atoms with Crippen LogP contribution in [0.4, 0.5) is 10.5 Å².